The standard InChI is InChI=1S/C22H23NO.C3H6O2/c1-22(2,3)17-9-6-15(7-10-17)21-18-12-16(14-4-5-14)8-11-19(18)23-20(21)13-24;1-2-5-3-4/h6-12,14,21,23H,4-5H2,1-3H3;3H,2H2,1H3. The summed E-state index contributed by atoms with van der Waals surface area (Å²) in [6.07, 6.45) is 2.57. The minimum absolute atomic E-state index is 0.0229. The zero-order chi connectivity index (χ0) is 21.0. The summed E-state index contributed by atoms with van der Waals surface area (Å²) in [4.78, 5) is 20.7. The van der Waals surface area contributed by atoms with E-state index >= 15 is 0 Å². The third kappa shape index (κ3) is 4.78. The number of anilines is 1. The Morgan fingerprint density at radius 2 is 1.76 bits per heavy atom. The summed E-state index contributed by atoms with van der Waals surface area (Å²) in [6.45, 7) is 9.31. The number of allylic oxidation sites excluding steroid dienone is 1. The molecule has 0 saturated heterocycles. The molecule has 2 aromatic rings. The van der Waals surface area contributed by atoms with Crippen molar-refractivity contribution >= 4 is 18.1 Å². The number of rotatable bonds is 4. The number of hydrogen-bond donors (Lipinski definition) is 1. The highest BCUT2D eigenvalue weighted by atomic mass is 16.5. The first kappa shape index (κ1) is 20.9. The van der Waals surface area contributed by atoms with E-state index in [4.69, 9.17) is 0 Å². The lowest BCUT2D eigenvalue weighted by Gasteiger charge is -2.20. The van der Waals surface area contributed by atoms with Crippen LogP contribution in [0.25, 0.3) is 0 Å². The normalized spacial score (nSPS) is 17.4. The first-order valence-corrected chi connectivity index (χ1v) is 10.2. The van der Waals surface area contributed by atoms with Gasteiger partial charge in [0.05, 0.1) is 12.5 Å². The summed E-state index contributed by atoms with van der Waals surface area (Å²) in [6, 6.07) is 15.3. The predicted molar refractivity (Wildman–Crippen MR) is 116 cm³/mol. The van der Waals surface area contributed by atoms with Crippen molar-refractivity contribution in [3.05, 3.63) is 70.4 Å². The van der Waals surface area contributed by atoms with Crippen LogP contribution in [-0.2, 0) is 19.7 Å². The lowest BCUT2D eigenvalue weighted by molar-refractivity contribution is -0.128. The van der Waals surface area contributed by atoms with Gasteiger partial charge in [-0.1, -0.05) is 57.2 Å². The quantitative estimate of drug-likeness (QED) is 0.567. The molecule has 0 aromatic heterocycles. The Kier molecular flexibility index (Phi) is 6.24. The summed E-state index contributed by atoms with van der Waals surface area (Å²) in [5.41, 5.74) is 6.87. The minimum Gasteiger partial charge on any atom is -0.468 e. The van der Waals surface area contributed by atoms with Crippen LogP contribution in [0.1, 0.15) is 74.6 Å². The fourth-order valence-corrected chi connectivity index (χ4v) is 3.65. The van der Waals surface area contributed by atoms with Gasteiger partial charge < -0.3 is 10.1 Å². The van der Waals surface area contributed by atoms with E-state index in [1.807, 2.05) is 0 Å². The number of nitrogens with one attached hydrogen (secondary N) is 1. The molecule has 1 fully saturated rings. The second kappa shape index (κ2) is 8.67. The number of ether oxygens (including phenoxy) is 1. The zero-order valence-corrected chi connectivity index (χ0v) is 17.6. The lowest BCUT2D eigenvalue weighted by Crippen LogP contribution is -2.11. The Balaban J connectivity index is 0.000000431. The van der Waals surface area contributed by atoms with Gasteiger partial charge in [-0.05, 0) is 59.4 Å². The molecule has 0 radical (unpaired) electrons. The van der Waals surface area contributed by atoms with Crippen LogP contribution in [0.3, 0.4) is 0 Å². The summed E-state index contributed by atoms with van der Waals surface area (Å²) in [5.74, 6) is 2.81. The molecule has 1 aliphatic carbocycles. The van der Waals surface area contributed by atoms with Crippen LogP contribution >= 0.6 is 0 Å². The molecule has 1 heterocycles. The van der Waals surface area contributed by atoms with Crippen molar-refractivity contribution in [3.8, 4) is 0 Å². The Morgan fingerprint density at radius 1 is 1.10 bits per heavy atom. The van der Waals surface area contributed by atoms with E-state index in [0.717, 1.165) is 11.3 Å². The van der Waals surface area contributed by atoms with E-state index in [9.17, 15) is 9.59 Å². The first-order chi connectivity index (χ1) is 13.9. The van der Waals surface area contributed by atoms with E-state index in [2.05, 4.69) is 79.2 Å². The molecule has 1 aliphatic heterocycles. The molecule has 1 saturated carbocycles. The van der Waals surface area contributed by atoms with Crippen LogP contribution in [-0.4, -0.2) is 19.0 Å². The van der Waals surface area contributed by atoms with Crippen molar-refractivity contribution < 1.29 is 14.3 Å². The van der Waals surface area contributed by atoms with Gasteiger partial charge in [-0.3, -0.25) is 4.79 Å². The van der Waals surface area contributed by atoms with Gasteiger partial charge in [-0.15, -0.1) is 0 Å². The van der Waals surface area contributed by atoms with Crippen LogP contribution in [0.2, 0.25) is 0 Å². The molecule has 2 aromatic carbocycles. The lowest BCUT2D eigenvalue weighted by atomic mass is 9.84. The zero-order valence-electron chi connectivity index (χ0n) is 17.6. The molecule has 29 heavy (non-hydrogen) atoms. The van der Waals surface area contributed by atoms with Crippen molar-refractivity contribution in [1.82, 2.24) is 0 Å². The topological polar surface area (TPSA) is 55.4 Å². The minimum atomic E-state index is -0.0229. The van der Waals surface area contributed by atoms with E-state index in [-0.39, 0.29) is 11.3 Å². The SMILES string of the molecule is CC(C)(C)c1ccc(C2C(=C=O)Nc3ccc(C4CC4)cc32)cc1.CCOC=O. The van der Waals surface area contributed by atoms with E-state index in [0.29, 0.717) is 24.7 Å². The summed E-state index contributed by atoms with van der Waals surface area (Å²) < 4.78 is 4.15. The Morgan fingerprint density at radius 3 is 2.24 bits per heavy atom. The summed E-state index contributed by atoms with van der Waals surface area (Å²) in [7, 11) is 0. The Hall–Kier alpha value is -2.84. The molecule has 152 valence electrons. The van der Waals surface area contributed by atoms with E-state index < -0.39 is 0 Å². The average molecular weight is 392 g/mol. The third-order valence-corrected chi connectivity index (χ3v) is 5.45. The van der Waals surface area contributed by atoms with Crippen LogP contribution in [0, 0.1) is 0 Å². The third-order valence-electron chi connectivity index (χ3n) is 5.45. The summed E-state index contributed by atoms with van der Waals surface area (Å²) >= 11 is 0. The van der Waals surface area contributed by atoms with Gasteiger partial charge in [0, 0.05) is 5.69 Å². The number of fused-ring (bicyclic) bond motifs is 1. The van der Waals surface area contributed by atoms with Crippen molar-refractivity contribution in [2.24, 2.45) is 0 Å². The van der Waals surface area contributed by atoms with E-state index in [1.165, 1.54) is 29.5 Å². The fraction of sp³-hybridized carbons (Fsp3) is 0.400. The number of benzene rings is 2. The van der Waals surface area contributed by atoms with Crippen molar-refractivity contribution in [3.63, 3.8) is 0 Å². The number of carbonyl (C=O) groups is 1. The van der Waals surface area contributed by atoms with Crippen molar-refractivity contribution in [2.75, 3.05) is 11.9 Å². The molecule has 4 nitrogen and oxygen atoms in total. The maximum absolute atomic E-state index is 11.5. The second-order valence-electron chi connectivity index (χ2n) is 8.62. The molecule has 1 unspecified atom stereocenters. The Labute approximate surface area is 173 Å². The molecule has 1 N–H and O–H groups in total. The maximum Gasteiger partial charge on any atom is 0.293 e. The predicted octanol–water partition coefficient (Wildman–Crippen LogP) is 5.31. The largest absolute Gasteiger partial charge is 0.468 e. The molecule has 4 heteroatoms. The van der Waals surface area contributed by atoms with Gasteiger partial charge in [-0.25, -0.2) is 4.79 Å². The van der Waals surface area contributed by atoms with Crippen LogP contribution < -0.4 is 5.32 Å². The molecule has 0 amide bonds. The molecule has 4 rings (SSSR count). The van der Waals surface area contributed by atoms with E-state index in [1.54, 1.807) is 6.92 Å². The molecule has 1 atom stereocenters. The first-order valence-electron chi connectivity index (χ1n) is 10.2. The van der Waals surface area contributed by atoms with Gasteiger partial charge in [0.1, 0.15) is 11.6 Å². The van der Waals surface area contributed by atoms with Crippen molar-refractivity contribution in [2.45, 2.75) is 57.8 Å². The van der Waals surface area contributed by atoms with Gasteiger partial charge in [0.2, 0.25) is 0 Å². The van der Waals surface area contributed by atoms with Gasteiger partial charge in [-0.2, -0.15) is 0 Å². The van der Waals surface area contributed by atoms with Crippen LogP contribution in [0.5, 0.6) is 0 Å². The fourth-order valence-electron chi connectivity index (χ4n) is 3.65. The maximum atomic E-state index is 11.5. The highest BCUT2D eigenvalue weighted by molar-refractivity contribution is 5.77. The monoisotopic (exact) mass is 391 g/mol. The molecule has 0 spiro atoms. The van der Waals surface area contributed by atoms with Gasteiger partial charge in [0.15, 0.2) is 0 Å². The molecule has 2 aliphatic rings. The Bertz CT molecular complexity index is 914. The smallest absolute Gasteiger partial charge is 0.293 e. The molecular formula is C25H29NO3. The number of hydrogen-bond acceptors (Lipinski definition) is 4. The molecule has 0 bridgehead atoms. The molecular weight excluding hydrogens is 362 g/mol. The highest BCUT2D eigenvalue weighted by Gasteiger charge is 2.32. The number of carbonyl (C=O) groups excluding carboxylic acids is 2. The van der Waals surface area contributed by atoms with Gasteiger partial charge in [0.25, 0.3) is 6.47 Å². The summed E-state index contributed by atoms with van der Waals surface area (Å²) in [5, 5.41) is 3.26. The second-order valence-corrected chi connectivity index (χ2v) is 8.62. The van der Waals surface area contributed by atoms with Crippen LogP contribution in [0.4, 0.5) is 5.69 Å². The van der Waals surface area contributed by atoms with Crippen LogP contribution in [0.15, 0.2) is 48.2 Å². The highest BCUT2D eigenvalue weighted by Crippen LogP contribution is 2.46. The van der Waals surface area contributed by atoms with Crippen molar-refractivity contribution in [1.29, 1.82) is 0 Å². The van der Waals surface area contributed by atoms with Gasteiger partial charge >= 0.3 is 0 Å². The average Bonchev–Trinajstić information content (AvgIpc) is 3.48.